The Kier molecular flexibility index (Phi) is 5.22. The number of aliphatic imine (C=N–C) groups is 1. The van der Waals surface area contributed by atoms with Crippen molar-refractivity contribution in [2.24, 2.45) is 10.7 Å². The summed E-state index contributed by atoms with van der Waals surface area (Å²) in [4.78, 5) is 17.5. The van der Waals surface area contributed by atoms with Crippen LogP contribution in [-0.2, 0) is 0 Å². The molecular formula is C20H22N6. The zero-order chi connectivity index (χ0) is 18.5. The van der Waals surface area contributed by atoms with Gasteiger partial charge in [-0.15, -0.1) is 0 Å². The molecule has 3 rings (SSSR count). The molecule has 0 saturated carbocycles. The summed E-state index contributed by atoms with van der Waals surface area (Å²) in [6.45, 7) is 4.31. The summed E-state index contributed by atoms with van der Waals surface area (Å²) in [5, 5.41) is 3.26. The van der Waals surface area contributed by atoms with E-state index < -0.39 is 0 Å². The highest BCUT2D eigenvalue weighted by molar-refractivity contribution is 6.10. The first-order valence-electron chi connectivity index (χ1n) is 8.45. The van der Waals surface area contributed by atoms with Gasteiger partial charge in [0.15, 0.2) is 0 Å². The van der Waals surface area contributed by atoms with Gasteiger partial charge in [-0.3, -0.25) is 9.98 Å². The van der Waals surface area contributed by atoms with E-state index in [0.717, 1.165) is 28.0 Å². The number of nitrogens with zero attached hydrogens (tertiary/aromatic N) is 4. The molecule has 0 aliphatic heterocycles. The average molecular weight is 346 g/mol. The lowest BCUT2D eigenvalue weighted by molar-refractivity contribution is 0.863. The van der Waals surface area contributed by atoms with Crippen molar-refractivity contribution in [1.29, 1.82) is 0 Å². The third-order valence-electron chi connectivity index (χ3n) is 4.03. The van der Waals surface area contributed by atoms with Crippen molar-refractivity contribution < 1.29 is 0 Å². The molecule has 0 fully saturated rings. The van der Waals surface area contributed by atoms with E-state index in [4.69, 9.17) is 5.73 Å². The van der Waals surface area contributed by atoms with Gasteiger partial charge in [-0.1, -0.05) is 13.8 Å². The zero-order valence-electron chi connectivity index (χ0n) is 15.1. The number of pyridine rings is 3. The first kappa shape index (κ1) is 17.5. The third-order valence-corrected chi connectivity index (χ3v) is 4.03. The largest absolute Gasteiger partial charge is 0.404 e. The molecule has 3 aromatic rings. The van der Waals surface area contributed by atoms with Gasteiger partial charge in [0, 0.05) is 43.0 Å². The fourth-order valence-electron chi connectivity index (χ4n) is 2.59. The molecule has 3 N–H and O–H groups in total. The second kappa shape index (κ2) is 7.74. The Labute approximate surface area is 152 Å². The van der Waals surface area contributed by atoms with E-state index in [-0.39, 0.29) is 0 Å². The average Bonchev–Trinajstić information content (AvgIpc) is 2.65. The highest BCUT2D eigenvalue weighted by Gasteiger charge is 2.06. The van der Waals surface area contributed by atoms with Crippen LogP contribution in [-0.4, -0.2) is 28.2 Å². The van der Waals surface area contributed by atoms with Gasteiger partial charge in [-0.05, 0) is 41.8 Å². The summed E-state index contributed by atoms with van der Waals surface area (Å²) in [6, 6.07) is 9.84. The number of allylic oxidation sites excluding steroid dienone is 1. The molecule has 0 aromatic carbocycles. The quantitative estimate of drug-likeness (QED) is 0.684. The second-order valence-corrected chi connectivity index (χ2v) is 6.22. The van der Waals surface area contributed by atoms with Crippen LogP contribution in [0.3, 0.4) is 0 Å². The van der Waals surface area contributed by atoms with Crippen LogP contribution in [0, 0.1) is 0 Å². The second-order valence-electron chi connectivity index (χ2n) is 6.22. The SMILES string of the molecule is CN=CC(=CN)c1cnc2ccc(Nc3cc(C(C)C)ccn3)nc2c1. The van der Waals surface area contributed by atoms with Crippen molar-refractivity contribution >= 4 is 34.5 Å². The maximum Gasteiger partial charge on any atom is 0.132 e. The van der Waals surface area contributed by atoms with Crippen LogP contribution < -0.4 is 11.1 Å². The molecule has 3 aromatic heterocycles. The maximum atomic E-state index is 5.68. The minimum atomic E-state index is 0.441. The van der Waals surface area contributed by atoms with Crippen LogP contribution in [0.4, 0.5) is 11.6 Å². The fourth-order valence-corrected chi connectivity index (χ4v) is 2.59. The Hall–Kier alpha value is -3.28. The monoisotopic (exact) mass is 346 g/mol. The Morgan fingerprint density at radius 3 is 2.69 bits per heavy atom. The van der Waals surface area contributed by atoms with Crippen molar-refractivity contribution in [3.63, 3.8) is 0 Å². The summed E-state index contributed by atoms with van der Waals surface area (Å²) < 4.78 is 0. The Bertz CT molecular complexity index is 975. The smallest absolute Gasteiger partial charge is 0.132 e. The molecule has 0 aliphatic carbocycles. The summed E-state index contributed by atoms with van der Waals surface area (Å²) >= 11 is 0. The molecule has 0 spiro atoms. The van der Waals surface area contributed by atoms with E-state index >= 15 is 0 Å². The number of hydrogen-bond donors (Lipinski definition) is 2. The van der Waals surface area contributed by atoms with E-state index in [1.54, 1.807) is 25.7 Å². The van der Waals surface area contributed by atoms with Gasteiger partial charge in [0.2, 0.25) is 0 Å². The predicted octanol–water partition coefficient (Wildman–Crippen LogP) is 3.89. The molecule has 0 aliphatic rings. The molecule has 26 heavy (non-hydrogen) atoms. The highest BCUT2D eigenvalue weighted by atomic mass is 15.1. The van der Waals surface area contributed by atoms with Gasteiger partial charge in [-0.25, -0.2) is 9.97 Å². The Balaban J connectivity index is 1.94. The number of anilines is 2. The molecule has 0 amide bonds. The highest BCUT2D eigenvalue weighted by Crippen LogP contribution is 2.22. The third kappa shape index (κ3) is 3.85. The van der Waals surface area contributed by atoms with Crippen molar-refractivity contribution in [2.45, 2.75) is 19.8 Å². The van der Waals surface area contributed by atoms with E-state index in [1.807, 2.05) is 30.3 Å². The maximum absolute atomic E-state index is 5.68. The zero-order valence-corrected chi connectivity index (χ0v) is 15.1. The first-order chi connectivity index (χ1) is 12.6. The van der Waals surface area contributed by atoms with Crippen molar-refractivity contribution in [3.05, 3.63) is 60.1 Å². The molecule has 0 atom stereocenters. The lowest BCUT2D eigenvalue weighted by Crippen LogP contribution is -1.99. The number of nitrogens with one attached hydrogen (secondary N) is 1. The predicted molar refractivity (Wildman–Crippen MR) is 108 cm³/mol. The van der Waals surface area contributed by atoms with Crippen LogP contribution in [0.15, 0.2) is 53.9 Å². The minimum Gasteiger partial charge on any atom is -0.404 e. The van der Waals surface area contributed by atoms with Gasteiger partial charge in [0.1, 0.15) is 11.6 Å². The van der Waals surface area contributed by atoms with Crippen LogP contribution in [0.1, 0.15) is 30.9 Å². The lowest BCUT2D eigenvalue weighted by atomic mass is 10.1. The minimum absolute atomic E-state index is 0.441. The van der Waals surface area contributed by atoms with Crippen LogP contribution in [0.5, 0.6) is 0 Å². The molecule has 6 heteroatoms. The summed E-state index contributed by atoms with van der Waals surface area (Å²) in [5.41, 5.74) is 10.2. The summed E-state index contributed by atoms with van der Waals surface area (Å²) in [6.07, 6.45) is 6.79. The molecule has 0 bridgehead atoms. The molecule has 0 unspecified atom stereocenters. The molecule has 0 saturated heterocycles. The van der Waals surface area contributed by atoms with Crippen LogP contribution in [0.25, 0.3) is 16.6 Å². The molecule has 6 nitrogen and oxygen atoms in total. The Morgan fingerprint density at radius 2 is 1.96 bits per heavy atom. The van der Waals surface area contributed by atoms with Crippen molar-refractivity contribution in [3.8, 4) is 0 Å². The number of hydrogen-bond acceptors (Lipinski definition) is 6. The normalized spacial score (nSPS) is 12.2. The molecular weight excluding hydrogens is 324 g/mol. The van der Waals surface area contributed by atoms with Gasteiger partial charge >= 0.3 is 0 Å². The molecule has 3 heterocycles. The van der Waals surface area contributed by atoms with Gasteiger partial charge in [0.25, 0.3) is 0 Å². The van der Waals surface area contributed by atoms with E-state index in [0.29, 0.717) is 11.7 Å². The van der Waals surface area contributed by atoms with Gasteiger partial charge in [0.05, 0.1) is 11.0 Å². The molecule has 132 valence electrons. The van der Waals surface area contributed by atoms with E-state index in [9.17, 15) is 0 Å². The number of nitrogens with two attached hydrogens (primary N) is 1. The van der Waals surface area contributed by atoms with Gasteiger partial charge in [-0.2, -0.15) is 0 Å². The first-order valence-corrected chi connectivity index (χ1v) is 8.45. The van der Waals surface area contributed by atoms with Crippen LogP contribution >= 0.6 is 0 Å². The standard InChI is InChI=1S/C20H22N6/c1-13(2)14-6-7-23-20(9-14)26-19-5-4-17-18(25-19)8-15(12-24-17)16(10-21)11-22-3/h4-13H,21H2,1-3H3,(H,23,25,26). The summed E-state index contributed by atoms with van der Waals surface area (Å²) in [7, 11) is 1.70. The number of aromatic nitrogens is 3. The van der Waals surface area contributed by atoms with Crippen molar-refractivity contribution in [2.75, 3.05) is 12.4 Å². The fraction of sp³-hybridized carbons (Fsp3) is 0.200. The number of fused-ring (bicyclic) bond motifs is 1. The van der Waals surface area contributed by atoms with Gasteiger partial charge < -0.3 is 11.1 Å². The van der Waals surface area contributed by atoms with E-state index in [2.05, 4.69) is 39.1 Å². The van der Waals surface area contributed by atoms with E-state index in [1.165, 1.54) is 11.8 Å². The number of rotatable bonds is 5. The topological polar surface area (TPSA) is 89.1 Å². The summed E-state index contributed by atoms with van der Waals surface area (Å²) in [5.74, 6) is 1.93. The lowest BCUT2D eigenvalue weighted by Gasteiger charge is -2.10. The molecule has 0 radical (unpaired) electrons. The van der Waals surface area contributed by atoms with Crippen molar-refractivity contribution in [1.82, 2.24) is 15.0 Å². The van der Waals surface area contributed by atoms with Crippen LogP contribution in [0.2, 0.25) is 0 Å². The Morgan fingerprint density at radius 1 is 1.12 bits per heavy atom.